The van der Waals surface area contributed by atoms with E-state index < -0.39 is 0 Å². The second-order valence-electron chi connectivity index (χ2n) is 6.49. The van der Waals surface area contributed by atoms with Crippen LogP contribution in [0.25, 0.3) is 0 Å². The first-order valence-corrected chi connectivity index (χ1v) is 9.01. The number of nitrogens with one attached hydrogen (secondary N) is 1. The topological polar surface area (TPSA) is 59.5 Å². The molecule has 0 saturated carbocycles. The van der Waals surface area contributed by atoms with E-state index in [1.54, 1.807) is 38.6 Å². The summed E-state index contributed by atoms with van der Waals surface area (Å²) in [4.78, 5) is 10.9. The van der Waals surface area contributed by atoms with Crippen molar-refractivity contribution in [2.45, 2.75) is 13.0 Å². The van der Waals surface area contributed by atoms with Crippen molar-refractivity contribution in [2.24, 2.45) is 0 Å². The first kappa shape index (κ1) is 18.0. The summed E-state index contributed by atoms with van der Waals surface area (Å²) in [7, 11) is 3.28. The van der Waals surface area contributed by atoms with Crippen LogP contribution in [0.3, 0.4) is 0 Å². The Kier molecular flexibility index (Phi) is 4.97. The molecule has 0 unspecified atom stereocenters. The quantitative estimate of drug-likeness (QED) is 0.724. The van der Waals surface area contributed by atoms with E-state index in [1.807, 2.05) is 18.2 Å². The van der Waals surface area contributed by atoms with Gasteiger partial charge in [-0.05, 0) is 47.9 Å². The number of benzene rings is 2. The number of methoxy groups -OCH3 is 2. The third-order valence-corrected chi connectivity index (χ3v) is 4.80. The highest BCUT2D eigenvalue weighted by molar-refractivity contribution is 5.57. The van der Waals surface area contributed by atoms with Crippen LogP contribution in [0, 0.1) is 5.82 Å². The van der Waals surface area contributed by atoms with Gasteiger partial charge in [0.15, 0.2) is 11.5 Å². The highest BCUT2D eigenvalue weighted by Gasteiger charge is 2.21. The van der Waals surface area contributed by atoms with E-state index in [1.165, 1.54) is 17.2 Å². The second-order valence-corrected chi connectivity index (χ2v) is 6.49. The average molecular weight is 380 g/mol. The number of halogens is 1. The van der Waals surface area contributed by atoms with Gasteiger partial charge in [0.1, 0.15) is 11.6 Å². The maximum Gasteiger partial charge on any atom is 0.229 e. The fourth-order valence-electron chi connectivity index (χ4n) is 3.35. The van der Waals surface area contributed by atoms with Crippen molar-refractivity contribution < 1.29 is 13.9 Å². The predicted molar refractivity (Wildman–Crippen MR) is 106 cm³/mol. The third kappa shape index (κ3) is 3.55. The molecule has 3 aromatic rings. The summed E-state index contributed by atoms with van der Waals surface area (Å²) < 4.78 is 24.7. The SMILES string of the molecule is COc1cc2c(cc1OC)CN(c1ccnc(Nc3ccccc3F)n1)CC2. The molecule has 1 N–H and O–H groups in total. The highest BCUT2D eigenvalue weighted by Crippen LogP contribution is 2.34. The van der Waals surface area contributed by atoms with Crippen LogP contribution in [0.1, 0.15) is 11.1 Å². The van der Waals surface area contributed by atoms with E-state index in [0.29, 0.717) is 23.9 Å². The molecule has 4 rings (SSSR count). The van der Waals surface area contributed by atoms with Gasteiger partial charge in [0.05, 0.1) is 19.9 Å². The van der Waals surface area contributed by atoms with Gasteiger partial charge in [-0.2, -0.15) is 4.98 Å². The molecule has 0 atom stereocenters. The number of fused-ring (bicyclic) bond motifs is 1. The van der Waals surface area contributed by atoms with Gasteiger partial charge >= 0.3 is 0 Å². The van der Waals surface area contributed by atoms with Crippen molar-refractivity contribution in [3.8, 4) is 11.5 Å². The second kappa shape index (κ2) is 7.72. The number of rotatable bonds is 5. The molecule has 1 aromatic heterocycles. The molecular formula is C21H21FN4O2. The molecule has 1 aliphatic heterocycles. The Balaban J connectivity index is 1.57. The minimum absolute atomic E-state index is 0.343. The number of para-hydroxylation sites is 1. The number of ether oxygens (including phenoxy) is 2. The van der Waals surface area contributed by atoms with Gasteiger partial charge in [-0.3, -0.25) is 0 Å². The van der Waals surface area contributed by atoms with Crippen LogP contribution in [-0.2, 0) is 13.0 Å². The number of hydrogen-bond acceptors (Lipinski definition) is 6. The number of nitrogens with zero attached hydrogens (tertiary/aromatic N) is 3. The molecule has 0 radical (unpaired) electrons. The highest BCUT2D eigenvalue weighted by atomic mass is 19.1. The Hall–Kier alpha value is -3.35. The monoisotopic (exact) mass is 380 g/mol. The molecule has 0 bridgehead atoms. The summed E-state index contributed by atoms with van der Waals surface area (Å²) >= 11 is 0. The molecule has 1 aliphatic rings. The minimum atomic E-state index is -0.343. The fourth-order valence-corrected chi connectivity index (χ4v) is 3.35. The first-order chi connectivity index (χ1) is 13.7. The molecule has 0 saturated heterocycles. The number of aromatic nitrogens is 2. The molecule has 2 heterocycles. The van der Waals surface area contributed by atoms with E-state index in [-0.39, 0.29) is 5.82 Å². The Morgan fingerprint density at radius 1 is 1.04 bits per heavy atom. The van der Waals surface area contributed by atoms with Gasteiger partial charge in [-0.15, -0.1) is 0 Å². The molecule has 2 aromatic carbocycles. The van der Waals surface area contributed by atoms with Crippen LogP contribution in [0.15, 0.2) is 48.7 Å². The van der Waals surface area contributed by atoms with Crippen LogP contribution < -0.4 is 19.7 Å². The zero-order valence-corrected chi connectivity index (χ0v) is 15.8. The Morgan fingerprint density at radius 2 is 1.79 bits per heavy atom. The number of hydrogen-bond donors (Lipinski definition) is 1. The van der Waals surface area contributed by atoms with E-state index in [2.05, 4.69) is 20.2 Å². The lowest BCUT2D eigenvalue weighted by Crippen LogP contribution is -2.31. The molecule has 7 heteroatoms. The van der Waals surface area contributed by atoms with Gasteiger partial charge < -0.3 is 19.7 Å². The van der Waals surface area contributed by atoms with Gasteiger partial charge in [-0.25, -0.2) is 9.37 Å². The largest absolute Gasteiger partial charge is 0.493 e. The molecule has 0 amide bonds. The van der Waals surface area contributed by atoms with E-state index in [0.717, 1.165) is 24.5 Å². The fraction of sp³-hybridized carbons (Fsp3) is 0.238. The Labute approximate surface area is 163 Å². The molecule has 6 nitrogen and oxygen atoms in total. The molecule has 0 spiro atoms. The summed E-state index contributed by atoms with van der Waals surface area (Å²) in [5, 5.41) is 2.94. The maximum absolute atomic E-state index is 13.9. The van der Waals surface area contributed by atoms with Crippen molar-refractivity contribution in [3.05, 3.63) is 65.6 Å². The summed E-state index contributed by atoms with van der Waals surface area (Å²) in [5.74, 6) is 2.26. The van der Waals surface area contributed by atoms with Crippen LogP contribution in [-0.4, -0.2) is 30.7 Å². The lowest BCUT2D eigenvalue weighted by Gasteiger charge is -2.30. The van der Waals surface area contributed by atoms with Crippen LogP contribution in [0.5, 0.6) is 11.5 Å². The Bertz CT molecular complexity index is 996. The zero-order valence-electron chi connectivity index (χ0n) is 15.8. The van der Waals surface area contributed by atoms with Gasteiger partial charge in [0.25, 0.3) is 0 Å². The average Bonchev–Trinajstić information content (AvgIpc) is 2.74. The molecule has 0 fully saturated rings. The lowest BCUT2D eigenvalue weighted by molar-refractivity contribution is 0.353. The third-order valence-electron chi connectivity index (χ3n) is 4.80. The van der Waals surface area contributed by atoms with Gasteiger partial charge in [-0.1, -0.05) is 12.1 Å². The predicted octanol–water partition coefficient (Wildman–Crippen LogP) is 3.94. The van der Waals surface area contributed by atoms with Crippen molar-refractivity contribution in [1.29, 1.82) is 0 Å². The summed E-state index contributed by atoms with van der Waals surface area (Å²) in [5.41, 5.74) is 2.76. The molecule has 28 heavy (non-hydrogen) atoms. The first-order valence-electron chi connectivity index (χ1n) is 9.01. The van der Waals surface area contributed by atoms with Crippen molar-refractivity contribution >= 4 is 17.5 Å². The molecular weight excluding hydrogens is 359 g/mol. The van der Waals surface area contributed by atoms with E-state index in [9.17, 15) is 4.39 Å². The number of anilines is 3. The standard InChI is InChI=1S/C21H21FN4O2/c1-27-18-11-14-8-10-26(13-15(14)12-19(18)28-2)20-7-9-23-21(25-20)24-17-6-4-3-5-16(17)22/h3-7,9,11-12H,8,10,13H2,1-2H3,(H,23,24,25). The van der Waals surface area contributed by atoms with Gasteiger partial charge in [0.2, 0.25) is 5.95 Å². The minimum Gasteiger partial charge on any atom is -0.493 e. The maximum atomic E-state index is 13.9. The summed E-state index contributed by atoms with van der Waals surface area (Å²) in [6.45, 7) is 1.52. The summed E-state index contributed by atoms with van der Waals surface area (Å²) in [6.07, 6.45) is 2.55. The van der Waals surface area contributed by atoms with Crippen LogP contribution in [0.4, 0.5) is 21.8 Å². The smallest absolute Gasteiger partial charge is 0.229 e. The van der Waals surface area contributed by atoms with Crippen molar-refractivity contribution in [3.63, 3.8) is 0 Å². The van der Waals surface area contributed by atoms with E-state index in [4.69, 9.17) is 9.47 Å². The lowest BCUT2D eigenvalue weighted by atomic mass is 9.99. The summed E-state index contributed by atoms with van der Waals surface area (Å²) in [6, 6.07) is 12.4. The molecule has 144 valence electrons. The van der Waals surface area contributed by atoms with Gasteiger partial charge in [0, 0.05) is 19.3 Å². The van der Waals surface area contributed by atoms with Crippen LogP contribution in [0.2, 0.25) is 0 Å². The van der Waals surface area contributed by atoms with Crippen molar-refractivity contribution in [1.82, 2.24) is 9.97 Å². The zero-order chi connectivity index (χ0) is 19.5. The Morgan fingerprint density at radius 3 is 2.54 bits per heavy atom. The van der Waals surface area contributed by atoms with E-state index >= 15 is 0 Å². The van der Waals surface area contributed by atoms with Crippen molar-refractivity contribution in [2.75, 3.05) is 31.0 Å². The normalized spacial score (nSPS) is 13.0. The molecule has 0 aliphatic carbocycles. The van der Waals surface area contributed by atoms with Crippen LogP contribution >= 0.6 is 0 Å².